The fourth-order valence-corrected chi connectivity index (χ4v) is 3.65. The Labute approximate surface area is 122 Å². The van der Waals surface area contributed by atoms with E-state index in [2.05, 4.69) is 37.9 Å². The molecule has 0 aromatic heterocycles. The predicted molar refractivity (Wildman–Crippen MR) is 81.3 cm³/mol. The van der Waals surface area contributed by atoms with Gasteiger partial charge in [-0.15, -0.1) is 0 Å². The Morgan fingerprint density at radius 2 is 1.61 bits per heavy atom. The molecule has 0 saturated carbocycles. The van der Waals surface area contributed by atoms with Crippen molar-refractivity contribution in [1.29, 1.82) is 5.41 Å². The normalized spacial score (nSPS) is 13.9. The van der Waals surface area contributed by atoms with Gasteiger partial charge in [-0.05, 0) is 49.6 Å². The van der Waals surface area contributed by atoms with Gasteiger partial charge in [0.2, 0.25) is 0 Å². The zero-order valence-corrected chi connectivity index (χ0v) is 12.6. The summed E-state index contributed by atoms with van der Waals surface area (Å²) in [6.07, 6.45) is 0. The third-order valence-electron chi connectivity index (χ3n) is 3.08. The first-order valence-electron chi connectivity index (χ1n) is 5.57. The quantitative estimate of drug-likeness (QED) is 0.788. The van der Waals surface area contributed by atoms with Crippen molar-refractivity contribution in [2.24, 2.45) is 0 Å². The first kappa shape index (κ1) is 11.9. The Morgan fingerprint density at radius 1 is 0.944 bits per heavy atom. The Balaban J connectivity index is 2.10. The molecule has 18 heavy (non-hydrogen) atoms. The average Bonchev–Trinajstić information content (AvgIpc) is 2.68. The van der Waals surface area contributed by atoms with Crippen LogP contribution in [0.3, 0.4) is 0 Å². The molecule has 2 nitrogen and oxygen atoms in total. The van der Waals surface area contributed by atoms with E-state index in [1.165, 1.54) is 5.56 Å². The van der Waals surface area contributed by atoms with Crippen molar-refractivity contribution in [3.05, 3.63) is 62.5 Å². The molecule has 1 aliphatic rings. The number of halogens is 2. The van der Waals surface area contributed by atoms with Gasteiger partial charge in [0.25, 0.3) is 0 Å². The molecule has 0 aliphatic carbocycles. The van der Waals surface area contributed by atoms with Crippen molar-refractivity contribution in [2.45, 2.75) is 6.54 Å². The van der Waals surface area contributed by atoms with Gasteiger partial charge in [-0.1, -0.05) is 30.3 Å². The Bertz CT molecular complexity index is 617. The molecule has 0 bridgehead atoms. The van der Waals surface area contributed by atoms with Gasteiger partial charge in [0, 0.05) is 14.5 Å². The van der Waals surface area contributed by atoms with Crippen LogP contribution in [0, 0.1) is 5.41 Å². The molecule has 0 saturated heterocycles. The molecule has 0 unspecified atom stereocenters. The summed E-state index contributed by atoms with van der Waals surface area (Å²) >= 11 is 7.12. The number of para-hydroxylation sites is 1. The van der Waals surface area contributed by atoms with Crippen LogP contribution in [0.15, 0.2) is 51.4 Å². The third-order valence-corrected chi connectivity index (χ3v) is 4.36. The highest BCUT2D eigenvalue weighted by Gasteiger charge is 2.27. The molecule has 0 spiro atoms. The SMILES string of the molecule is N=C1c2ccccc2CN1c1c(Br)cccc1Br. The van der Waals surface area contributed by atoms with Crippen LogP contribution in [-0.2, 0) is 6.54 Å². The van der Waals surface area contributed by atoms with E-state index in [0.29, 0.717) is 5.84 Å². The van der Waals surface area contributed by atoms with Crippen LogP contribution in [0.25, 0.3) is 0 Å². The van der Waals surface area contributed by atoms with Gasteiger partial charge in [0.15, 0.2) is 0 Å². The van der Waals surface area contributed by atoms with E-state index in [1.807, 2.05) is 41.3 Å². The number of benzene rings is 2. The van der Waals surface area contributed by atoms with Crippen molar-refractivity contribution >= 4 is 43.4 Å². The summed E-state index contributed by atoms with van der Waals surface area (Å²) in [5.74, 6) is 0.554. The van der Waals surface area contributed by atoms with Crippen LogP contribution >= 0.6 is 31.9 Å². The first-order valence-corrected chi connectivity index (χ1v) is 7.15. The second-order valence-electron chi connectivity index (χ2n) is 4.16. The molecule has 2 aromatic rings. The molecule has 0 atom stereocenters. The lowest BCUT2D eigenvalue weighted by Gasteiger charge is -2.21. The second-order valence-corrected chi connectivity index (χ2v) is 5.87. The van der Waals surface area contributed by atoms with Crippen molar-refractivity contribution in [2.75, 3.05) is 4.90 Å². The predicted octanol–water partition coefficient (Wildman–Crippen LogP) is 4.56. The van der Waals surface area contributed by atoms with E-state index >= 15 is 0 Å². The minimum atomic E-state index is 0.554. The van der Waals surface area contributed by atoms with Gasteiger partial charge < -0.3 is 4.90 Å². The van der Waals surface area contributed by atoms with Gasteiger partial charge in [-0.25, -0.2) is 0 Å². The highest BCUT2D eigenvalue weighted by molar-refractivity contribution is 9.11. The van der Waals surface area contributed by atoms with Crippen LogP contribution in [-0.4, -0.2) is 5.84 Å². The lowest BCUT2D eigenvalue weighted by molar-refractivity contribution is 1.04. The summed E-state index contributed by atoms with van der Waals surface area (Å²) < 4.78 is 1.99. The number of fused-ring (bicyclic) bond motifs is 1. The number of hydrogen-bond donors (Lipinski definition) is 1. The number of hydrogen-bond acceptors (Lipinski definition) is 1. The molecule has 90 valence electrons. The minimum absolute atomic E-state index is 0.554. The number of nitrogens with zero attached hydrogens (tertiary/aromatic N) is 1. The summed E-state index contributed by atoms with van der Waals surface area (Å²) in [4.78, 5) is 2.01. The Morgan fingerprint density at radius 3 is 2.28 bits per heavy atom. The first-order chi connectivity index (χ1) is 8.68. The van der Waals surface area contributed by atoms with Gasteiger partial charge in [-0.2, -0.15) is 0 Å². The number of anilines is 1. The Kier molecular flexibility index (Phi) is 2.99. The maximum atomic E-state index is 8.30. The van der Waals surface area contributed by atoms with Crippen molar-refractivity contribution in [3.63, 3.8) is 0 Å². The van der Waals surface area contributed by atoms with E-state index in [1.54, 1.807) is 0 Å². The van der Waals surface area contributed by atoms with Crippen molar-refractivity contribution in [1.82, 2.24) is 0 Å². The second kappa shape index (κ2) is 4.52. The van der Waals surface area contributed by atoms with Crippen LogP contribution < -0.4 is 4.90 Å². The molecule has 0 amide bonds. The molecular weight excluding hydrogens is 356 g/mol. The monoisotopic (exact) mass is 364 g/mol. The molecular formula is C14H10Br2N2. The van der Waals surface area contributed by atoms with Crippen LogP contribution in [0.2, 0.25) is 0 Å². The average molecular weight is 366 g/mol. The summed E-state index contributed by atoms with van der Waals surface area (Å²) in [5.41, 5.74) is 3.23. The van der Waals surface area contributed by atoms with Crippen molar-refractivity contribution < 1.29 is 0 Å². The summed E-state index contributed by atoms with van der Waals surface area (Å²) in [6.45, 7) is 0.746. The Hall–Kier alpha value is -1.13. The maximum Gasteiger partial charge on any atom is 0.133 e. The largest absolute Gasteiger partial charge is 0.320 e. The number of amidine groups is 1. The van der Waals surface area contributed by atoms with E-state index in [9.17, 15) is 0 Å². The molecule has 0 fully saturated rings. The van der Waals surface area contributed by atoms with E-state index < -0.39 is 0 Å². The molecule has 4 heteroatoms. The number of nitrogens with one attached hydrogen (secondary N) is 1. The molecule has 3 rings (SSSR count). The molecule has 0 radical (unpaired) electrons. The van der Waals surface area contributed by atoms with Crippen LogP contribution in [0.4, 0.5) is 5.69 Å². The lowest BCUT2D eigenvalue weighted by atomic mass is 10.1. The van der Waals surface area contributed by atoms with Gasteiger partial charge in [0.1, 0.15) is 5.84 Å². The smallest absolute Gasteiger partial charge is 0.133 e. The summed E-state index contributed by atoms with van der Waals surface area (Å²) in [6, 6.07) is 14.0. The lowest BCUT2D eigenvalue weighted by Crippen LogP contribution is -2.23. The van der Waals surface area contributed by atoms with Gasteiger partial charge >= 0.3 is 0 Å². The third kappa shape index (κ3) is 1.80. The van der Waals surface area contributed by atoms with E-state index in [4.69, 9.17) is 5.41 Å². The van der Waals surface area contributed by atoms with Gasteiger partial charge in [0.05, 0.1) is 12.2 Å². The zero-order valence-electron chi connectivity index (χ0n) is 9.45. The highest BCUT2D eigenvalue weighted by atomic mass is 79.9. The number of rotatable bonds is 1. The standard InChI is InChI=1S/C14H10Br2N2/c15-11-6-3-7-12(16)13(11)18-8-9-4-1-2-5-10(9)14(18)17/h1-7,17H,8H2. The van der Waals surface area contributed by atoms with E-state index in [-0.39, 0.29) is 0 Å². The highest BCUT2D eigenvalue weighted by Crippen LogP contribution is 2.38. The van der Waals surface area contributed by atoms with Gasteiger partial charge in [-0.3, -0.25) is 5.41 Å². The fourth-order valence-electron chi connectivity index (χ4n) is 2.22. The van der Waals surface area contributed by atoms with Crippen LogP contribution in [0.1, 0.15) is 11.1 Å². The fraction of sp³-hybridized carbons (Fsp3) is 0.0714. The topological polar surface area (TPSA) is 27.1 Å². The summed E-state index contributed by atoms with van der Waals surface area (Å²) in [7, 11) is 0. The van der Waals surface area contributed by atoms with Crippen molar-refractivity contribution in [3.8, 4) is 0 Å². The zero-order chi connectivity index (χ0) is 12.7. The molecule has 1 N–H and O–H groups in total. The maximum absolute atomic E-state index is 8.30. The van der Waals surface area contributed by atoms with Crippen LogP contribution in [0.5, 0.6) is 0 Å². The molecule has 1 heterocycles. The minimum Gasteiger partial charge on any atom is -0.320 e. The van der Waals surface area contributed by atoms with E-state index in [0.717, 1.165) is 26.7 Å². The molecule has 1 aliphatic heterocycles. The summed E-state index contributed by atoms with van der Waals surface area (Å²) in [5, 5.41) is 8.30. The molecule has 2 aromatic carbocycles.